The summed E-state index contributed by atoms with van der Waals surface area (Å²) in [5.74, 6) is 0.765. The third kappa shape index (κ3) is 4.82. The number of nitrogens with zero attached hydrogens (tertiary/aromatic N) is 2. The first-order valence-corrected chi connectivity index (χ1v) is 11.9. The van der Waals surface area contributed by atoms with Crippen LogP contribution < -0.4 is 10.6 Å². The van der Waals surface area contributed by atoms with Crippen molar-refractivity contribution < 1.29 is 13.2 Å². The molecule has 27 heavy (non-hydrogen) atoms. The van der Waals surface area contributed by atoms with Crippen molar-refractivity contribution in [2.75, 3.05) is 39.9 Å². The third-order valence-corrected chi connectivity index (χ3v) is 9.10. The zero-order valence-corrected chi connectivity index (χ0v) is 17.8. The number of hydrogen-bond acceptors (Lipinski definition) is 5. The number of morpholine rings is 1. The van der Waals surface area contributed by atoms with Crippen molar-refractivity contribution in [1.82, 2.24) is 14.9 Å². The summed E-state index contributed by atoms with van der Waals surface area (Å²) < 4.78 is 32.6. The molecule has 1 aromatic heterocycles. The van der Waals surface area contributed by atoms with Gasteiger partial charge in [-0.25, -0.2) is 8.42 Å². The number of nitrogens with one attached hydrogen (secondary N) is 2. The smallest absolute Gasteiger partial charge is 0.252 e. The Bertz CT molecular complexity index is 745. The molecule has 0 aromatic carbocycles. The summed E-state index contributed by atoms with van der Waals surface area (Å²) >= 11 is 1.31. The first-order valence-electron chi connectivity index (χ1n) is 9.60. The molecule has 2 N–H and O–H groups in total. The molecule has 0 radical (unpaired) electrons. The van der Waals surface area contributed by atoms with Crippen molar-refractivity contribution >= 4 is 27.3 Å². The van der Waals surface area contributed by atoms with Crippen LogP contribution in [-0.2, 0) is 21.3 Å². The maximum atomic E-state index is 12.7. The van der Waals surface area contributed by atoms with Gasteiger partial charge in [0.15, 0.2) is 5.96 Å². The minimum Gasteiger partial charge on any atom is -0.379 e. The van der Waals surface area contributed by atoms with Crippen LogP contribution in [0.15, 0.2) is 21.3 Å². The molecule has 0 amide bonds. The zero-order chi connectivity index (χ0) is 19.3. The maximum absolute atomic E-state index is 12.7. The standard InChI is InChI=1S/C18H30N4O3S2/c1-3-18(7-4-8-18)14-21-17(19-2)20-13-15-5-6-16(26-15)27(23,24)22-9-11-25-12-10-22/h5-6H,3-4,7-14H2,1-2H3,(H2,19,20,21). The summed E-state index contributed by atoms with van der Waals surface area (Å²) in [6, 6.07) is 3.57. The van der Waals surface area contributed by atoms with Crippen LogP contribution in [0.3, 0.4) is 0 Å². The first-order chi connectivity index (χ1) is 13.0. The molecule has 2 aliphatic rings. The van der Waals surface area contributed by atoms with E-state index in [0.29, 0.717) is 42.5 Å². The zero-order valence-electron chi connectivity index (χ0n) is 16.2. The second-order valence-corrected chi connectivity index (χ2v) is 10.6. The summed E-state index contributed by atoms with van der Waals surface area (Å²) in [5, 5.41) is 6.72. The number of ether oxygens (including phenoxy) is 1. The lowest BCUT2D eigenvalue weighted by Gasteiger charge is -2.41. The van der Waals surface area contributed by atoms with Crippen molar-refractivity contribution in [2.24, 2.45) is 10.4 Å². The van der Waals surface area contributed by atoms with Gasteiger partial charge in [-0.3, -0.25) is 4.99 Å². The fourth-order valence-electron chi connectivity index (χ4n) is 3.50. The molecule has 1 aliphatic carbocycles. The van der Waals surface area contributed by atoms with Crippen LogP contribution in [0.25, 0.3) is 0 Å². The van der Waals surface area contributed by atoms with E-state index in [0.717, 1.165) is 17.4 Å². The molecule has 1 saturated carbocycles. The molecule has 3 rings (SSSR count). The molecule has 2 heterocycles. The molecule has 152 valence electrons. The summed E-state index contributed by atoms with van der Waals surface area (Å²) in [6.07, 6.45) is 5.06. The number of rotatable bonds is 7. The summed E-state index contributed by atoms with van der Waals surface area (Å²) in [5.41, 5.74) is 0.417. The van der Waals surface area contributed by atoms with Gasteiger partial charge in [0.2, 0.25) is 0 Å². The van der Waals surface area contributed by atoms with Crippen LogP contribution >= 0.6 is 11.3 Å². The van der Waals surface area contributed by atoms with Gasteiger partial charge in [-0.15, -0.1) is 11.3 Å². The Morgan fingerprint density at radius 2 is 2.04 bits per heavy atom. The second kappa shape index (κ2) is 8.89. The molecule has 0 spiro atoms. The van der Waals surface area contributed by atoms with Gasteiger partial charge in [0.1, 0.15) is 4.21 Å². The third-order valence-electron chi connectivity index (χ3n) is 5.65. The van der Waals surface area contributed by atoms with Gasteiger partial charge >= 0.3 is 0 Å². The van der Waals surface area contributed by atoms with Crippen molar-refractivity contribution in [2.45, 2.75) is 43.4 Å². The van der Waals surface area contributed by atoms with Gasteiger partial charge in [-0.1, -0.05) is 13.3 Å². The minimum atomic E-state index is -3.42. The first kappa shape index (κ1) is 20.6. The van der Waals surface area contributed by atoms with Gasteiger partial charge in [-0.2, -0.15) is 4.31 Å². The van der Waals surface area contributed by atoms with E-state index in [1.807, 2.05) is 6.07 Å². The largest absolute Gasteiger partial charge is 0.379 e. The van der Waals surface area contributed by atoms with E-state index in [2.05, 4.69) is 22.5 Å². The summed E-state index contributed by atoms with van der Waals surface area (Å²) in [7, 11) is -1.65. The number of aliphatic imine (C=N–C) groups is 1. The van der Waals surface area contributed by atoms with E-state index in [-0.39, 0.29) is 0 Å². The predicted molar refractivity (Wildman–Crippen MR) is 109 cm³/mol. The number of thiophene rings is 1. The van der Waals surface area contributed by atoms with Crippen LogP contribution in [0, 0.1) is 5.41 Å². The van der Waals surface area contributed by atoms with Crippen molar-refractivity contribution in [3.63, 3.8) is 0 Å². The molecule has 2 fully saturated rings. The highest BCUT2D eigenvalue weighted by molar-refractivity contribution is 7.91. The number of guanidine groups is 1. The van der Waals surface area contributed by atoms with E-state index in [4.69, 9.17) is 4.74 Å². The van der Waals surface area contributed by atoms with Crippen molar-refractivity contribution in [3.05, 3.63) is 17.0 Å². The quantitative estimate of drug-likeness (QED) is 0.527. The topological polar surface area (TPSA) is 83.0 Å². The highest BCUT2D eigenvalue weighted by Crippen LogP contribution is 2.43. The molecule has 1 aromatic rings. The Balaban J connectivity index is 1.54. The Morgan fingerprint density at radius 3 is 2.63 bits per heavy atom. The van der Waals surface area contributed by atoms with E-state index in [1.165, 1.54) is 41.3 Å². The molecule has 0 unspecified atom stereocenters. The second-order valence-electron chi connectivity index (χ2n) is 7.22. The van der Waals surface area contributed by atoms with Crippen molar-refractivity contribution in [3.8, 4) is 0 Å². The molecule has 1 saturated heterocycles. The van der Waals surface area contributed by atoms with Crippen LogP contribution in [0.2, 0.25) is 0 Å². The average molecular weight is 415 g/mol. The monoisotopic (exact) mass is 414 g/mol. The summed E-state index contributed by atoms with van der Waals surface area (Å²) in [6.45, 7) is 5.50. The molecular weight excluding hydrogens is 384 g/mol. The minimum absolute atomic E-state index is 0.392. The van der Waals surface area contributed by atoms with Gasteiger partial charge in [0.05, 0.1) is 19.8 Å². The molecule has 0 bridgehead atoms. The lowest BCUT2D eigenvalue weighted by Crippen LogP contribution is -2.45. The molecule has 9 heteroatoms. The van der Waals surface area contributed by atoms with E-state index in [1.54, 1.807) is 13.1 Å². The normalized spacial score (nSPS) is 20.9. The van der Waals surface area contributed by atoms with Gasteiger partial charge in [0.25, 0.3) is 10.0 Å². The van der Waals surface area contributed by atoms with E-state index >= 15 is 0 Å². The van der Waals surface area contributed by atoms with Crippen LogP contribution in [-0.4, -0.2) is 58.6 Å². The van der Waals surface area contributed by atoms with Crippen LogP contribution in [0.1, 0.15) is 37.5 Å². The lowest BCUT2D eigenvalue weighted by atomic mass is 9.67. The highest BCUT2D eigenvalue weighted by Gasteiger charge is 2.35. The fraction of sp³-hybridized carbons (Fsp3) is 0.722. The SMILES string of the molecule is CCC1(CNC(=NC)NCc2ccc(S(=O)(=O)N3CCOCC3)s2)CCC1. The van der Waals surface area contributed by atoms with E-state index < -0.39 is 10.0 Å². The Hall–Kier alpha value is -1.16. The van der Waals surface area contributed by atoms with Crippen LogP contribution in [0.5, 0.6) is 0 Å². The average Bonchev–Trinajstić information content (AvgIpc) is 3.14. The highest BCUT2D eigenvalue weighted by atomic mass is 32.2. The van der Waals surface area contributed by atoms with Gasteiger partial charge in [-0.05, 0) is 36.8 Å². The fourth-order valence-corrected chi connectivity index (χ4v) is 6.36. The Labute approximate surface area is 166 Å². The number of hydrogen-bond donors (Lipinski definition) is 2. The lowest BCUT2D eigenvalue weighted by molar-refractivity contribution is 0.0731. The van der Waals surface area contributed by atoms with Gasteiger partial charge in [0, 0.05) is 31.6 Å². The van der Waals surface area contributed by atoms with Crippen LogP contribution in [0.4, 0.5) is 0 Å². The van der Waals surface area contributed by atoms with E-state index in [9.17, 15) is 8.42 Å². The summed E-state index contributed by atoms with van der Waals surface area (Å²) in [4.78, 5) is 5.26. The number of sulfonamides is 1. The Morgan fingerprint density at radius 1 is 1.30 bits per heavy atom. The van der Waals surface area contributed by atoms with Gasteiger partial charge < -0.3 is 15.4 Å². The maximum Gasteiger partial charge on any atom is 0.252 e. The van der Waals surface area contributed by atoms with Crippen molar-refractivity contribution in [1.29, 1.82) is 0 Å². The molecule has 1 aliphatic heterocycles. The Kier molecular flexibility index (Phi) is 6.78. The molecule has 7 nitrogen and oxygen atoms in total. The predicted octanol–water partition coefficient (Wildman–Crippen LogP) is 2.01. The molecular formula is C18H30N4O3S2. The molecule has 0 atom stereocenters.